The molecule has 2 heterocycles. The topological polar surface area (TPSA) is 70.1 Å². The van der Waals surface area contributed by atoms with E-state index in [1.807, 2.05) is 35.2 Å². The first-order chi connectivity index (χ1) is 12.8. The normalized spacial score (nSPS) is 20.9. The van der Waals surface area contributed by atoms with Crippen molar-refractivity contribution in [1.29, 1.82) is 0 Å². The number of nitrogens with zero attached hydrogens (tertiary/aromatic N) is 2. The molecule has 6 nitrogen and oxygen atoms in total. The summed E-state index contributed by atoms with van der Waals surface area (Å²) in [6, 6.07) is 9.46. The number of benzene rings is 1. The Labute approximate surface area is 161 Å². The molecule has 2 saturated heterocycles. The molecule has 0 spiro atoms. The summed E-state index contributed by atoms with van der Waals surface area (Å²) in [5, 5.41) is 10.0. The summed E-state index contributed by atoms with van der Waals surface area (Å²) in [4.78, 5) is 28.8. The van der Waals surface area contributed by atoms with E-state index in [0.29, 0.717) is 39.2 Å². The van der Waals surface area contributed by atoms with Crippen molar-refractivity contribution in [3.05, 3.63) is 30.3 Å². The molecule has 1 atom stereocenters. The summed E-state index contributed by atoms with van der Waals surface area (Å²) >= 11 is 0. The SMILES string of the molecule is CC(C)(O)C1CN(C(=O)C2CCCN(C(=O)CCOc3ccccc3)C2)C1. The molecule has 0 saturated carbocycles. The van der Waals surface area contributed by atoms with E-state index < -0.39 is 5.60 Å². The standard InChI is InChI=1S/C21H30N2O4/c1-21(2,26)17-14-23(15-17)20(25)16-7-6-11-22(13-16)19(24)10-12-27-18-8-4-3-5-9-18/h3-5,8-9,16-17,26H,6-7,10-15H2,1-2H3. The molecule has 0 radical (unpaired) electrons. The van der Waals surface area contributed by atoms with Gasteiger partial charge in [0.05, 0.1) is 24.5 Å². The van der Waals surface area contributed by atoms with E-state index in [1.165, 1.54) is 0 Å². The fourth-order valence-electron chi connectivity index (χ4n) is 3.70. The number of carbonyl (C=O) groups is 2. The van der Waals surface area contributed by atoms with Crippen LogP contribution in [0.2, 0.25) is 0 Å². The molecule has 2 aliphatic rings. The van der Waals surface area contributed by atoms with Gasteiger partial charge in [-0.1, -0.05) is 18.2 Å². The summed E-state index contributed by atoms with van der Waals surface area (Å²) in [6.07, 6.45) is 2.00. The van der Waals surface area contributed by atoms with E-state index >= 15 is 0 Å². The van der Waals surface area contributed by atoms with Gasteiger partial charge in [0, 0.05) is 32.1 Å². The number of para-hydroxylation sites is 1. The molecule has 0 aliphatic carbocycles. The van der Waals surface area contributed by atoms with Crippen molar-refractivity contribution < 1.29 is 19.4 Å². The van der Waals surface area contributed by atoms with Crippen LogP contribution in [0, 0.1) is 11.8 Å². The first-order valence-corrected chi connectivity index (χ1v) is 9.81. The van der Waals surface area contributed by atoms with Crippen molar-refractivity contribution in [3.63, 3.8) is 0 Å². The van der Waals surface area contributed by atoms with Crippen molar-refractivity contribution in [2.75, 3.05) is 32.8 Å². The Kier molecular flexibility index (Phi) is 6.05. The van der Waals surface area contributed by atoms with Gasteiger partial charge in [-0.3, -0.25) is 9.59 Å². The second-order valence-electron chi connectivity index (χ2n) is 8.18. The summed E-state index contributed by atoms with van der Waals surface area (Å²) in [7, 11) is 0. The van der Waals surface area contributed by atoms with Gasteiger partial charge < -0.3 is 19.6 Å². The summed E-state index contributed by atoms with van der Waals surface area (Å²) < 4.78 is 5.60. The van der Waals surface area contributed by atoms with Crippen LogP contribution in [0.25, 0.3) is 0 Å². The molecule has 3 rings (SSSR count). The average molecular weight is 374 g/mol. The summed E-state index contributed by atoms with van der Waals surface area (Å²) in [6.45, 7) is 6.34. The predicted octanol–water partition coefficient (Wildman–Crippen LogP) is 1.92. The fourth-order valence-corrected chi connectivity index (χ4v) is 3.70. The number of carbonyl (C=O) groups excluding carboxylic acids is 2. The molecule has 1 aromatic carbocycles. The number of amides is 2. The molecule has 1 unspecified atom stereocenters. The number of likely N-dealkylation sites (tertiary alicyclic amines) is 2. The number of ether oxygens (including phenoxy) is 1. The third-order valence-corrected chi connectivity index (χ3v) is 5.64. The van der Waals surface area contributed by atoms with Crippen molar-refractivity contribution in [2.45, 2.75) is 38.7 Å². The molecule has 1 aromatic rings. The van der Waals surface area contributed by atoms with Gasteiger partial charge in [0.1, 0.15) is 5.75 Å². The molecular weight excluding hydrogens is 344 g/mol. The fraction of sp³-hybridized carbons (Fsp3) is 0.619. The van der Waals surface area contributed by atoms with Gasteiger partial charge in [-0.05, 0) is 38.8 Å². The minimum absolute atomic E-state index is 0.0430. The highest BCUT2D eigenvalue weighted by Gasteiger charge is 2.42. The molecule has 0 bridgehead atoms. The van der Waals surface area contributed by atoms with Crippen LogP contribution in [0.3, 0.4) is 0 Å². The molecule has 148 valence electrons. The highest BCUT2D eigenvalue weighted by Crippen LogP contribution is 2.30. The second-order valence-corrected chi connectivity index (χ2v) is 8.18. The van der Waals surface area contributed by atoms with E-state index in [1.54, 1.807) is 18.7 Å². The van der Waals surface area contributed by atoms with Gasteiger partial charge in [-0.15, -0.1) is 0 Å². The van der Waals surface area contributed by atoms with Crippen LogP contribution in [0.5, 0.6) is 5.75 Å². The van der Waals surface area contributed by atoms with Crippen LogP contribution in [0.15, 0.2) is 30.3 Å². The predicted molar refractivity (Wildman–Crippen MR) is 102 cm³/mol. The van der Waals surface area contributed by atoms with Crippen LogP contribution in [0.1, 0.15) is 33.1 Å². The molecule has 2 fully saturated rings. The lowest BCUT2D eigenvalue weighted by Gasteiger charge is -2.47. The molecule has 1 N–H and O–H groups in total. The van der Waals surface area contributed by atoms with Crippen molar-refractivity contribution in [3.8, 4) is 5.75 Å². The van der Waals surface area contributed by atoms with Crippen molar-refractivity contribution >= 4 is 11.8 Å². The quantitative estimate of drug-likeness (QED) is 0.826. The van der Waals surface area contributed by atoms with Crippen molar-refractivity contribution in [1.82, 2.24) is 9.80 Å². The molecule has 0 aromatic heterocycles. The Morgan fingerprint density at radius 2 is 1.85 bits per heavy atom. The maximum atomic E-state index is 12.7. The lowest BCUT2D eigenvalue weighted by Crippen LogP contribution is -2.60. The third kappa shape index (κ3) is 5.01. The van der Waals surface area contributed by atoms with Gasteiger partial charge in [-0.2, -0.15) is 0 Å². The lowest BCUT2D eigenvalue weighted by molar-refractivity contribution is -0.151. The number of piperidine rings is 1. The first-order valence-electron chi connectivity index (χ1n) is 9.81. The monoisotopic (exact) mass is 374 g/mol. The van der Waals surface area contributed by atoms with E-state index in [0.717, 1.165) is 18.6 Å². The Hall–Kier alpha value is -2.08. The van der Waals surface area contributed by atoms with Crippen LogP contribution < -0.4 is 4.74 Å². The van der Waals surface area contributed by atoms with Gasteiger partial charge in [-0.25, -0.2) is 0 Å². The molecule has 27 heavy (non-hydrogen) atoms. The maximum Gasteiger partial charge on any atom is 0.227 e. The molecule has 6 heteroatoms. The average Bonchev–Trinajstić information content (AvgIpc) is 2.60. The highest BCUT2D eigenvalue weighted by molar-refractivity contribution is 5.82. The summed E-state index contributed by atoms with van der Waals surface area (Å²) in [5.41, 5.74) is -0.746. The van der Waals surface area contributed by atoms with E-state index in [9.17, 15) is 14.7 Å². The lowest BCUT2D eigenvalue weighted by atomic mass is 9.83. The van der Waals surface area contributed by atoms with Crippen LogP contribution in [-0.2, 0) is 9.59 Å². The summed E-state index contributed by atoms with van der Waals surface area (Å²) in [5.74, 6) is 0.935. The number of rotatable bonds is 6. The van der Waals surface area contributed by atoms with Crippen molar-refractivity contribution in [2.24, 2.45) is 11.8 Å². The van der Waals surface area contributed by atoms with Gasteiger partial charge in [0.15, 0.2) is 0 Å². The number of hydrogen-bond donors (Lipinski definition) is 1. The third-order valence-electron chi connectivity index (χ3n) is 5.64. The highest BCUT2D eigenvalue weighted by atomic mass is 16.5. The molecular formula is C21H30N2O4. The second kappa shape index (κ2) is 8.30. The Balaban J connectivity index is 1.43. The van der Waals surface area contributed by atoms with Crippen LogP contribution >= 0.6 is 0 Å². The van der Waals surface area contributed by atoms with E-state index in [2.05, 4.69) is 0 Å². The zero-order chi connectivity index (χ0) is 19.4. The minimum atomic E-state index is -0.746. The van der Waals surface area contributed by atoms with Gasteiger partial charge >= 0.3 is 0 Å². The minimum Gasteiger partial charge on any atom is -0.493 e. The smallest absolute Gasteiger partial charge is 0.227 e. The Morgan fingerprint density at radius 1 is 1.15 bits per heavy atom. The maximum absolute atomic E-state index is 12.7. The molecule has 2 aliphatic heterocycles. The Bertz CT molecular complexity index is 650. The largest absolute Gasteiger partial charge is 0.493 e. The van der Waals surface area contributed by atoms with E-state index in [4.69, 9.17) is 4.74 Å². The van der Waals surface area contributed by atoms with Crippen LogP contribution in [0.4, 0.5) is 0 Å². The first kappa shape index (κ1) is 19.7. The Morgan fingerprint density at radius 3 is 2.52 bits per heavy atom. The van der Waals surface area contributed by atoms with Crippen LogP contribution in [-0.4, -0.2) is 65.1 Å². The van der Waals surface area contributed by atoms with Gasteiger partial charge in [0.2, 0.25) is 11.8 Å². The zero-order valence-electron chi connectivity index (χ0n) is 16.3. The number of hydrogen-bond acceptors (Lipinski definition) is 4. The zero-order valence-corrected chi connectivity index (χ0v) is 16.3. The molecule has 2 amide bonds. The van der Waals surface area contributed by atoms with E-state index in [-0.39, 0.29) is 23.7 Å². The number of aliphatic hydroxyl groups is 1. The van der Waals surface area contributed by atoms with Gasteiger partial charge in [0.25, 0.3) is 0 Å².